The van der Waals surface area contributed by atoms with Crippen LogP contribution in [0.25, 0.3) is 0 Å². The minimum absolute atomic E-state index is 0.281. The standard InChI is InChI=1S/C15H24O4/c1-5-11-9-15(10-12(11)6-2,13(16)18-7-3)14(17)19-8-4/h5-10H2,1-4H3. The van der Waals surface area contributed by atoms with Gasteiger partial charge in [-0.2, -0.15) is 0 Å². The Bertz CT molecular complexity index is 346. The van der Waals surface area contributed by atoms with E-state index in [0.717, 1.165) is 12.8 Å². The van der Waals surface area contributed by atoms with E-state index < -0.39 is 17.4 Å². The number of carbonyl (C=O) groups is 2. The molecule has 0 amide bonds. The zero-order chi connectivity index (χ0) is 14.5. The third kappa shape index (κ3) is 2.99. The van der Waals surface area contributed by atoms with Gasteiger partial charge in [0.2, 0.25) is 0 Å². The zero-order valence-corrected chi connectivity index (χ0v) is 12.4. The minimum atomic E-state index is -1.14. The second-order valence-corrected chi connectivity index (χ2v) is 4.79. The number of hydrogen-bond donors (Lipinski definition) is 0. The quantitative estimate of drug-likeness (QED) is 0.422. The van der Waals surface area contributed by atoms with Gasteiger partial charge in [0.15, 0.2) is 5.41 Å². The van der Waals surface area contributed by atoms with E-state index in [1.54, 1.807) is 13.8 Å². The fraction of sp³-hybridized carbons (Fsp3) is 0.733. The molecule has 0 radical (unpaired) electrons. The van der Waals surface area contributed by atoms with Crippen molar-refractivity contribution in [3.8, 4) is 0 Å². The summed E-state index contributed by atoms with van der Waals surface area (Å²) in [6.45, 7) is 8.17. The molecule has 0 unspecified atom stereocenters. The number of carbonyl (C=O) groups excluding carboxylic acids is 2. The largest absolute Gasteiger partial charge is 0.465 e. The lowest BCUT2D eigenvalue weighted by molar-refractivity contribution is -0.171. The number of allylic oxidation sites excluding steroid dienone is 2. The van der Waals surface area contributed by atoms with Gasteiger partial charge in [0, 0.05) is 0 Å². The SMILES string of the molecule is CCOC(=O)C1(C(=O)OCC)CC(CC)=C(CC)C1. The maximum atomic E-state index is 12.3. The van der Waals surface area contributed by atoms with Crippen LogP contribution in [0.15, 0.2) is 11.1 Å². The van der Waals surface area contributed by atoms with Crippen LogP contribution in [0, 0.1) is 5.41 Å². The number of ether oxygens (including phenoxy) is 2. The third-order valence-corrected chi connectivity index (χ3v) is 3.72. The van der Waals surface area contributed by atoms with Crippen molar-refractivity contribution in [3.05, 3.63) is 11.1 Å². The van der Waals surface area contributed by atoms with Gasteiger partial charge in [0.1, 0.15) is 0 Å². The molecule has 0 saturated carbocycles. The summed E-state index contributed by atoms with van der Waals surface area (Å²) >= 11 is 0. The molecule has 0 N–H and O–H groups in total. The zero-order valence-electron chi connectivity index (χ0n) is 12.4. The van der Waals surface area contributed by atoms with Crippen LogP contribution in [0.4, 0.5) is 0 Å². The maximum Gasteiger partial charge on any atom is 0.324 e. The molecular weight excluding hydrogens is 244 g/mol. The lowest BCUT2D eigenvalue weighted by Gasteiger charge is -2.25. The summed E-state index contributed by atoms with van der Waals surface area (Å²) in [5.74, 6) is -0.884. The first-order chi connectivity index (χ1) is 9.05. The van der Waals surface area contributed by atoms with Gasteiger partial charge in [-0.15, -0.1) is 0 Å². The van der Waals surface area contributed by atoms with E-state index in [1.165, 1.54) is 11.1 Å². The lowest BCUT2D eigenvalue weighted by Crippen LogP contribution is -2.40. The Morgan fingerprint density at radius 3 is 1.53 bits per heavy atom. The number of hydrogen-bond acceptors (Lipinski definition) is 4. The molecule has 0 spiro atoms. The first kappa shape index (κ1) is 15.7. The number of rotatable bonds is 6. The molecule has 0 aromatic carbocycles. The van der Waals surface area contributed by atoms with Gasteiger partial charge in [-0.25, -0.2) is 0 Å². The highest BCUT2D eigenvalue weighted by Gasteiger charge is 2.52. The van der Waals surface area contributed by atoms with Crippen LogP contribution in [0.1, 0.15) is 53.4 Å². The highest BCUT2D eigenvalue weighted by molar-refractivity contribution is 6.01. The topological polar surface area (TPSA) is 52.6 Å². The van der Waals surface area contributed by atoms with Gasteiger partial charge >= 0.3 is 11.9 Å². The second-order valence-electron chi connectivity index (χ2n) is 4.79. The first-order valence-electron chi connectivity index (χ1n) is 7.09. The summed E-state index contributed by atoms with van der Waals surface area (Å²) in [5.41, 5.74) is 1.26. The van der Waals surface area contributed by atoms with E-state index in [2.05, 4.69) is 13.8 Å². The molecule has 1 aliphatic carbocycles. The molecule has 4 heteroatoms. The van der Waals surface area contributed by atoms with Crippen molar-refractivity contribution in [2.24, 2.45) is 5.41 Å². The van der Waals surface area contributed by atoms with E-state index >= 15 is 0 Å². The van der Waals surface area contributed by atoms with E-state index in [1.807, 2.05) is 0 Å². The average molecular weight is 268 g/mol. The molecule has 0 aliphatic heterocycles. The van der Waals surface area contributed by atoms with Crippen molar-refractivity contribution < 1.29 is 19.1 Å². The van der Waals surface area contributed by atoms with E-state index in [9.17, 15) is 9.59 Å². The summed E-state index contributed by atoms with van der Waals surface area (Å²) in [6, 6.07) is 0. The summed E-state index contributed by atoms with van der Waals surface area (Å²) in [6.07, 6.45) is 2.63. The van der Waals surface area contributed by atoms with Crippen LogP contribution in [0.2, 0.25) is 0 Å². The van der Waals surface area contributed by atoms with Crippen LogP contribution in [-0.4, -0.2) is 25.2 Å². The minimum Gasteiger partial charge on any atom is -0.465 e. The van der Waals surface area contributed by atoms with Crippen LogP contribution in [-0.2, 0) is 19.1 Å². The smallest absolute Gasteiger partial charge is 0.324 e. The Hall–Kier alpha value is -1.32. The van der Waals surface area contributed by atoms with Crippen molar-refractivity contribution in [1.82, 2.24) is 0 Å². The normalized spacial score (nSPS) is 17.5. The summed E-state index contributed by atoms with van der Waals surface area (Å²) in [4.78, 5) is 24.5. The summed E-state index contributed by atoms with van der Waals surface area (Å²) in [5, 5.41) is 0. The van der Waals surface area contributed by atoms with Crippen LogP contribution < -0.4 is 0 Å². The molecule has 0 heterocycles. The van der Waals surface area contributed by atoms with Crippen molar-refractivity contribution in [1.29, 1.82) is 0 Å². The molecule has 0 fully saturated rings. The van der Waals surface area contributed by atoms with Gasteiger partial charge in [-0.3, -0.25) is 9.59 Å². The van der Waals surface area contributed by atoms with Gasteiger partial charge in [-0.1, -0.05) is 25.0 Å². The van der Waals surface area contributed by atoms with Gasteiger partial charge in [-0.05, 0) is 39.5 Å². The number of esters is 2. The Kier molecular flexibility index (Phi) is 5.58. The average Bonchev–Trinajstić information content (AvgIpc) is 2.79. The molecule has 0 aromatic heterocycles. The molecule has 1 aliphatic rings. The van der Waals surface area contributed by atoms with Crippen molar-refractivity contribution in [2.45, 2.75) is 53.4 Å². The summed E-state index contributed by atoms with van der Waals surface area (Å²) < 4.78 is 10.2. The molecule has 0 saturated heterocycles. The Balaban J connectivity index is 3.04. The Labute approximate surface area is 115 Å². The van der Waals surface area contributed by atoms with Crippen molar-refractivity contribution in [3.63, 3.8) is 0 Å². The maximum absolute atomic E-state index is 12.3. The van der Waals surface area contributed by atoms with Gasteiger partial charge in [0.25, 0.3) is 0 Å². The van der Waals surface area contributed by atoms with Gasteiger partial charge < -0.3 is 9.47 Å². The molecule has 0 bridgehead atoms. The Morgan fingerprint density at radius 1 is 0.895 bits per heavy atom. The second kappa shape index (κ2) is 6.73. The molecule has 4 nitrogen and oxygen atoms in total. The lowest BCUT2D eigenvalue weighted by atomic mass is 9.83. The molecule has 19 heavy (non-hydrogen) atoms. The van der Waals surface area contributed by atoms with E-state index in [4.69, 9.17) is 9.47 Å². The molecule has 0 aromatic rings. The fourth-order valence-electron chi connectivity index (χ4n) is 2.70. The molecule has 0 atom stereocenters. The highest BCUT2D eigenvalue weighted by Crippen LogP contribution is 2.46. The first-order valence-corrected chi connectivity index (χ1v) is 7.09. The van der Waals surface area contributed by atoms with Crippen LogP contribution in [0.5, 0.6) is 0 Å². The third-order valence-electron chi connectivity index (χ3n) is 3.72. The highest BCUT2D eigenvalue weighted by atomic mass is 16.6. The van der Waals surface area contributed by atoms with Crippen molar-refractivity contribution >= 4 is 11.9 Å². The molecule has 108 valence electrons. The molecular formula is C15H24O4. The fourth-order valence-corrected chi connectivity index (χ4v) is 2.70. The van der Waals surface area contributed by atoms with E-state index in [0.29, 0.717) is 12.8 Å². The Morgan fingerprint density at radius 2 is 1.26 bits per heavy atom. The van der Waals surface area contributed by atoms with E-state index in [-0.39, 0.29) is 13.2 Å². The molecule has 1 rings (SSSR count). The van der Waals surface area contributed by atoms with Gasteiger partial charge in [0.05, 0.1) is 13.2 Å². The monoisotopic (exact) mass is 268 g/mol. The van der Waals surface area contributed by atoms with Crippen LogP contribution >= 0.6 is 0 Å². The summed E-state index contributed by atoms with van der Waals surface area (Å²) in [7, 11) is 0. The van der Waals surface area contributed by atoms with Crippen LogP contribution in [0.3, 0.4) is 0 Å². The predicted octanol–water partition coefficient (Wildman–Crippen LogP) is 3.01. The predicted molar refractivity (Wildman–Crippen MR) is 72.5 cm³/mol. The van der Waals surface area contributed by atoms with Crippen molar-refractivity contribution in [2.75, 3.05) is 13.2 Å².